The molecule has 1 heterocycles. The summed E-state index contributed by atoms with van der Waals surface area (Å²) in [6.07, 6.45) is 1.07. The predicted molar refractivity (Wildman–Crippen MR) is 108 cm³/mol. The Bertz CT molecular complexity index is 976. The Morgan fingerprint density at radius 2 is 1.86 bits per heavy atom. The average molecular weight is 441 g/mol. The van der Waals surface area contributed by atoms with E-state index in [0.717, 1.165) is 11.8 Å². The molecule has 1 unspecified atom stereocenters. The highest BCUT2D eigenvalue weighted by atomic mass is 35.5. The van der Waals surface area contributed by atoms with Gasteiger partial charge in [0.05, 0.1) is 34.7 Å². The number of ether oxygens (including phenoxy) is 1. The van der Waals surface area contributed by atoms with Crippen molar-refractivity contribution in [1.82, 2.24) is 10.2 Å². The van der Waals surface area contributed by atoms with Crippen LogP contribution in [0.5, 0.6) is 0 Å². The number of sulfone groups is 1. The van der Waals surface area contributed by atoms with E-state index in [0.29, 0.717) is 26.3 Å². The van der Waals surface area contributed by atoms with E-state index in [-0.39, 0.29) is 33.9 Å². The SMILES string of the molecule is CS(=O)(=O)c1ccc(Cl)c(C(=O)NCC(c2ccc(F)cc2)N2CCOCC2)c1. The topological polar surface area (TPSA) is 75.7 Å². The van der Waals surface area contributed by atoms with E-state index in [9.17, 15) is 17.6 Å². The number of rotatable bonds is 6. The molecule has 9 heteroatoms. The van der Waals surface area contributed by atoms with E-state index >= 15 is 0 Å². The number of amides is 1. The van der Waals surface area contributed by atoms with Crippen LogP contribution in [0.4, 0.5) is 4.39 Å². The van der Waals surface area contributed by atoms with Crippen LogP contribution in [0.15, 0.2) is 47.4 Å². The third kappa shape index (κ3) is 5.54. The highest BCUT2D eigenvalue weighted by molar-refractivity contribution is 7.90. The molecule has 0 aromatic heterocycles. The zero-order chi connectivity index (χ0) is 21.0. The largest absolute Gasteiger partial charge is 0.379 e. The van der Waals surface area contributed by atoms with Crippen molar-refractivity contribution in [2.24, 2.45) is 0 Å². The van der Waals surface area contributed by atoms with Crippen LogP contribution in [0.1, 0.15) is 22.0 Å². The van der Waals surface area contributed by atoms with Crippen molar-refractivity contribution in [2.45, 2.75) is 10.9 Å². The molecule has 0 saturated carbocycles. The van der Waals surface area contributed by atoms with Crippen molar-refractivity contribution >= 4 is 27.3 Å². The Balaban J connectivity index is 1.80. The van der Waals surface area contributed by atoms with Crippen LogP contribution < -0.4 is 5.32 Å². The molecule has 1 aliphatic rings. The van der Waals surface area contributed by atoms with Gasteiger partial charge in [-0.3, -0.25) is 9.69 Å². The zero-order valence-electron chi connectivity index (χ0n) is 15.9. The molecule has 29 heavy (non-hydrogen) atoms. The first-order valence-corrected chi connectivity index (χ1v) is 11.4. The fourth-order valence-electron chi connectivity index (χ4n) is 3.23. The third-order valence-electron chi connectivity index (χ3n) is 4.81. The Hall–Kier alpha value is -2.00. The minimum Gasteiger partial charge on any atom is -0.379 e. The number of morpholine rings is 1. The highest BCUT2D eigenvalue weighted by Crippen LogP contribution is 2.23. The molecule has 1 amide bonds. The van der Waals surface area contributed by atoms with Gasteiger partial charge in [-0.25, -0.2) is 12.8 Å². The summed E-state index contributed by atoms with van der Waals surface area (Å²) in [7, 11) is -3.47. The second-order valence-electron chi connectivity index (χ2n) is 6.84. The normalized spacial score (nSPS) is 16.4. The molecule has 2 aromatic rings. The summed E-state index contributed by atoms with van der Waals surface area (Å²) in [5.74, 6) is -0.802. The van der Waals surface area contributed by atoms with Crippen LogP contribution in [0.3, 0.4) is 0 Å². The molecule has 156 valence electrons. The molecule has 0 spiro atoms. The molecule has 1 fully saturated rings. The number of carbonyl (C=O) groups is 1. The molecule has 0 radical (unpaired) electrons. The van der Waals surface area contributed by atoms with E-state index in [1.54, 1.807) is 12.1 Å². The van der Waals surface area contributed by atoms with Gasteiger partial charge >= 0.3 is 0 Å². The van der Waals surface area contributed by atoms with Gasteiger partial charge in [-0.2, -0.15) is 0 Å². The number of benzene rings is 2. The Kier molecular flexibility index (Phi) is 6.89. The second kappa shape index (κ2) is 9.21. The number of halogens is 2. The lowest BCUT2D eigenvalue weighted by Gasteiger charge is -2.35. The molecule has 0 bridgehead atoms. The van der Waals surface area contributed by atoms with E-state index in [1.165, 1.54) is 30.3 Å². The van der Waals surface area contributed by atoms with E-state index in [4.69, 9.17) is 16.3 Å². The Labute approximate surface area is 174 Å². The third-order valence-corrected chi connectivity index (χ3v) is 6.25. The lowest BCUT2D eigenvalue weighted by atomic mass is 10.0. The monoisotopic (exact) mass is 440 g/mol. The fraction of sp³-hybridized carbons (Fsp3) is 0.350. The first-order chi connectivity index (χ1) is 13.8. The summed E-state index contributed by atoms with van der Waals surface area (Å²) in [5, 5.41) is 3.00. The van der Waals surface area contributed by atoms with E-state index in [2.05, 4.69) is 10.2 Å². The van der Waals surface area contributed by atoms with Gasteiger partial charge < -0.3 is 10.1 Å². The van der Waals surface area contributed by atoms with Crippen LogP contribution in [-0.4, -0.2) is 58.3 Å². The summed E-state index contributed by atoms with van der Waals surface area (Å²) < 4.78 is 42.3. The minimum absolute atomic E-state index is 0.0234. The smallest absolute Gasteiger partial charge is 0.252 e. The van der Waals surface area contributed by atoms with Gasteiger partial charge in [-0.15, -0.1) is 0 Å². The summed E-state index contributed by atoms with van der Waals surface area (Å²) in [5.41, 5.74) is 0.957. The summed E-state index contributed by atoms with van der Waals surface area (Å²) in [4.78, 5) is 14.9. The molecule has 1 saturated heterocycles. The number of nitrogens with zero attached hydrogens (tertiary/aromatic N) is 1. The number of hydrogen-bond acceptors (Lipinski definition) is 5. The summed E-state index contributed by atoms with van der Waals surface area (Å²) in [6.45, 7) is 2.77. The van der Waals surface area contributed by atoms with Crippen LogP contribution in [-0.2, 0) is 14.6 Å². The molecule has 6 nitrogen and oxygen atoms in total. The van der Waals surface area contributed by atoms with Crippen molar-refractivity contribution < 1.29 is 22.3 Å². The van der Waals surface area contributed by atoms with Crippen molar-refractivity contribution in [2.75, 3.05) is 39.1 Å². The van der Waals surface area contributed by atoms with Crippen molar-refractivity contribution in [1.29, 1.82) is 0 Å². The number of hydrogen-bond donors (Lipinski definition) is 1. The quantitative estimate of drug-likeness (QED) is 0.747. The molecular formula is C20H22ClFN2O4S. The summed E-state index contributed by atoms with van der Waals surface area (Å²) >= 11 is 6.12. The van der Waals surface area contributed by atoms with Crippen molar-refractivity contribution in [3.63, 3.8) is 0 Å². The van der Waals surface area contributed by atoms with Gasteiger partial charge in [0.2, 0.25) is 0 Å². The standard InChI is InChI=1S/C20H22ClFN2O4S/c1-29(26,27)16-6-7-18(21)17(12-16)20(25)23-13-19(24-8-10-28-11-9-24)14-2-4-15(22)5-3-14/h2-7,12,19H,8-11,13H2,1H3,(H,23,25). The Morgan fingerprint density at radius 3 is 2.48 bits per heavy atom. The van der Waals surface area contributed by atoms with Gasteiger partial charge in [0.25, 0.3) is 5.91 Å². The summed E-state index contributed by atoms with van der Waals surface area (Å²) in [6, 6.07) is 10.0. The minimum atomic E-state index is -3.47. The fourth-order valence-corrected chi connectivity index (χ4v) is 4.08. The number of carbonyl (C=O) groups excluding carboxylic acids is 1. The van der Waals surface area contributed by atoms with Crippen molar-refractivity contribution in [3.8, 4) is 0 Å². The van der Waals surface area contributed by atoms with Gasteiger partial charge in [-0.1, -0.05) is 23.7 Å². The molecule has 1 N–H and O–H groups in total. The highest BCUT2D eigenvalue weighted by Gasteiger charge is 2.24. The van der Waals surface area contributed by atoms with E-state index in [1.807, 2.05) is 0 Å². The molecule has 1 atom stereocenters. The van der Waals surface area contributed by atoms with Crippen LogP contribution >= 0.6 is 11.6 Å². The van der Waals surface area contributed by atoms with Crippen LogP contribution in [0.2, 0.25) is 5.02 Å². The maximum atomic E-state index is 13.3. The first kappa shape index (κ1) is 21.7. The maximum absolute atomic E-state index is 13.3. The zero-order valence-corrected chi connectivity index (χ0v) is 17.5. The predicted octanol–water partition coefficient (Wildman–Crippen LogP) is 2.69. The van der Waals surface area contributed by atoms with Crippen molar-refractivity contribution in [3.05, 3.63) is 64.4 Å². The van der Waals surface area contributed by atoms with Gasteiger partial charge in [-0.05, 0) is 35.9 Å². The lowest BCUT2D eigenvalue weighted by molar-refractivity contribution is 0.0162. The van der Waals surface area contributed by atoms with Crippen LogP contribution in [0, 0.1) is 5.82 Å². The first-order valence-electron chi connectivity index (χ1n) is 9.11. The van der Waals surface area contributed by atoms with Gasteiger partial charge in [0, 0.05) is 25.9 Å². The number of nitrogens with one attached hydrogen (secondary N) is 1. The van der Waals surface area contributed by atoms with Gasteiger partial charge in [0.15, 0.2) is 9.84 Å². The van der Waals surface area contributed by atoms with E-state index < -0.39 is 15.7 Å². The molecule has 1 aliphatic heterocycles. The van der Waals surface area contributed by atoms with Gasteiger partial charge in [0.1, 0.15) is 5.82 Å². The molecule has 3 rings (SSSR count). The van der Waals surface area contributed by atoms with Crippen LogP contribution in [0.25, 0.3) is 0 Å². The lowest BCUT2D eigenvalue weighted by Crippen LogP contribution is -2.43. The average Bonchev–Trinajstić information content (AvgIpc) is 2.69. The molecule has 0 aliphatic carbocycles. The second-order valence-corrected chi connectivity index (χ2v) is 9.26. The maximum Gasteiger partial charge on any atom is 0.252 e. The molecular weight excluding hydrogens is 419 g/mol. The molecule has 2 aromatic carbocycles. The Morgan fingerprint density at radius 1 is 1.21 bits per heavy atom.